The maximum Gasteiger partial charge on any atom is 0.408 e. The van der Waals surface area contributed by atoms with Gasteiger partial charge in [-0.2, -0.15) is 0 Å². The standard InChI is InChI=1S/C34H57N3O4/c1-9-10-11-12-13-17-22-37(32(39)29(24(2)3)36-33(40)41-34(6,7)8)30(28-23-25(4)20-21-26(28)5)31(38)35-27-18-15-14-16-19-27/h20-21,23-24,27,29-30H,9-19,22H2,1-8H3,(H,35,38)(H,36,40). The molecule has 3 amide bonds. The SMILES string of the molecule is CCCCCCCCN(C(=O)C(NC(=O)OC(C)(C)C)C(C)C)C(C(=O)NC1CCCCC1)c1cc(C)ccc1C. The molecular formula is C34H57N3O4. The van der Waals surface area contributed by atoms with Crippen molar-refractivity contribution in [1.29, 1.82) is 0 Å². The van der Waals surface area contributed by atoms with Crippen LogP contribution in [-0.4, -0.2) is 47.0 Å². The third-order valence-corrected chi connectivity index (χ3v) is 7.88. The van der Waals surface area contributed by atoms with Crippen LogP contribution in [0.3, 0.4) is 0 Å². The van der Waals surface area contributed by atoms with Crippen molar-refractivity contribution >= 4 is 17.9 Å². The summed E-state index contributed by atoms with van der Waals surface area (Å²) >= 11 is 0. The number of nitrogens with one attached hydrogen (secondary N) is 2. The zero-order chi connectivity index (χ0) is 30.6. The first kappa shape index (κ1) is 34.6. The number of aryl methyl sites for hydroxylation is 2. The second-order valence-corrected chi connectivity index (χ2v) is 13.3. The first-order chi connectivity index (χ1) is 19.3. The second kappa shape index (κ2) is 16.8. The van der Waals surface area contributed by atoms with Gasteiger partial charge in [0.1, 0.15) is 17.7 Å². The Kier molecular flexibility index (Phi) is 14.2. The summed E-state index contributed by atoms with van der Waals surface area (Å²) < 4.78 is 5.51. The Labute approximate surface area is 249 Å². The molecule has 1 saturated carbocycles. The average Bonchev–Trinajstić information content (AvgIpc) is 2.89. The highest BCUT2D eigenvalue weighted by atomic mass is 16.6. The Morgan fingerprint density at radius 1 is 0.976 bits per heavy atom. The molecule has 2 rings (SSSR count). The molecule has 0 bridgehead atoms. The van der Waals surface area contributed by atoms with Gasteiger partial charge in [-0.1, -0.05) is 95.9 Å². The molecule has 7 heteroatoms. The maximum absolute atomic E-state index is 14.4. The van der Waals surface area contributed by atoms with E-state index in [1.165, 1.54) is 25.7 Å². The molecule has 0 saturated heterocycles. The van der Waals surface area contributed by atoms with Gasteiger partial charge in [-0.15, -0.1) is 0 Å². The van der Waals surface area contributed by atoms with E-state index in [1.54, 1.807) is 25.7 Å². The molecule has 7 nitrogen and oxygen atoms in total. The number of benzene rings is 1. The van der Waals surface area contributed by atoms with Gasteiger partial charge < -0.3 is 20.3 Å². The van der Waals surface area contributed by atoms with Crippen LogP contribution < -0.4 is 10.6 Å². The molecule has 1 aliphatic carbocycles. The van der Waals surface area contributed by atoms with Gasteiger partial charge in [0.15, 0.2) is 0 Å². The van der Waals surface area contributed by atoms with Gasteiger partial charge in [0.2, 0.25) is 11.8 Å². The van der Waals surface area contributed by atoms with Crippen LogP contribution in [0.4, 0.5) is 4.79 Å². The Bertz CT molecular complexity index is 979. The summed E-state index contributed by atoms with van der Waals surface area (Å²) in [5.74, 6) is -0.573. The molecular weight excluding hydrogens is 514 g/mol. The number of unbranched alkanes of at least 4 members (excludes halogenated alkanes) is 5. The monoisotopic (exact) mass is 571 g/mol. The number of rotatable bonds is 14. The fraction of sp³-hybridized carbons (Fsp3) is 0.735. The molecule has 41 heavy (non-hydrogen) atoms. The molecule has 1 aliphatic rings. The van der Waals surface area contributed by atoms with Crippen LogP contribution in [0.25, 0.3) is 0 Å². The summed E-state index contributed by atoms with van der Waals surface area (Å²) in [6, 6.07) is 4.62. The van der Waals surface area contributed by atoms with E-state index >= 15 is 0 Å². The molecule has 1 fully saturated rings. The van der Waals surface area contributed by atoms with E-state index < -0.39 is 23.8 Å². The third kappa shape index (κ3) is 11.7. The molecule has 0 aromatic heterocycles. The Morgan fingerprint density at radius 3 is 2.22 bits per heavy atom. The molecule has 0 spiro atoms. The molecule has 0 aliphatic heterocycles. The minimum atomic E-state index is -0.819. The number of carbonyl (C=O) groups excluding carboxylic acids is 3. The molecule has 1 aromatic rings. The van der Waals surface area contributed by atoms with E-state index in [1.807, 2.05) is 45.9 Å². The van der Waals surface area contributed by atoms with Gasteiger partial charge >= 0.3 is 6.09 Å². The summed E-state index contributed by atoms with van der Waals surface area (Å²) in [4.78, 5) is 43.2. The summed E-state index contributed by atoms with van der Waals surface area (Å²) in [7, 11) is 0. The van der Waals surface area contributed by atoms with Crippen LogP contribution in [0.1, 0.15) is 135 Å². The molecule has 1 aromatic carbocycles. The molecule has 2 N–H and O–H groups in total. The van der Waals surface area contributed by atoms with Gasteiger partial charge in [0, 0.05) is 12.6 Å². The van der Waals surface area contributed by atoms with E-state index in [4.69, 9.17) is 4.74 Å². The van der Waals surface area contributed by atoms with Crippen LogP contribution >= 0.6 is 0 Å². The van der Waals surface area contributed by atoms with Crippen LogP contribution in [0, 0.1) is 19.8 Å². The van der Waals surface area contributed by atoms with Crippen LogP contribution in [0.2, 0.25) is 0 Å². The van der Waals surface area contributed by atoms with Crippen molar-refractivity contribution < 1.29 is 19.1 Å². The quantitative estimate of drug-likeness (QED) is 0.226. The predicted octanol–water partition coefficient (Wildman–Crippen LogP) is 7.53. The van der Waals surface area contributed by atoms with E-state index in [0.29, 0.717) is 6.54 Å². The summed E-state index contributed by atoms with van der Waals surface area (Å²) in [6.45, 7) is 15.9. The third-order valence-electron chi connectivity index (χ3n) is 7.88. The number of nitrogens with zero attached hydrogens (tertiary/aromatic N) is 1. The summed E-state index contributed by atoms with van der Waals surface area (Å²) in [5, 5.41) is 6.15. The van der Waals surface area contributed by atoms with E-state index in [-0.39, 0.29) is 23.8 Å². The van der Waals surface area contributed by atoms with Crippen molar-refractivity contribution in [2.24, 2.45) is 5.92 Å². The van der Waals surface area contributed by atoms with Crippen molar-refractivity contribution in [3.63, 3.8) is 0 Å². The topological polar surface area (TPSA) is 87.7 Å². The van der Waals surface area contributed by atoms with E-state index in [9.17, 15) is 14.4 Å². The number of hydrogen-bond acceptors (Lipinski definition) is 4. The second-order valence-electron chi connectivity index (χ2n) is 13.3. The van der Waals surface area contributed by atoms with Crippen LogP contribution in [0.5, 0.6) is 0 Å². The minimum Gasteiger partial charge on any atom is -0.444 e. The molecule has 2 atom stereocenters. The number of alkyl carbamates (subject to hydrolysis) is 1. The molecule has 0 heterocycles. The van der Waals surface area contributed by atoms with Gasteiger partial charge in [0.25, 0.3) is 0 Å². The number of hydrogen-bond donors (Lipinski definition) is 2. The lowest BCUT2D eigenvalue weighted by Crippen LogP contribution is -2.55. The lowest BCUT2D eigenvalue weighted by molar-refractivity contribution is -0.143. The lowest BCUT2D eigenvalue weighted by Gasteiger charge is -2.37. The van der Waals surface area contributed by atoms with Crippen molar-refractivity contribution in [2.75, 3.05) is 6.54 Å². The van der Waals surface area contributed by atoms with Crippen LogP contribution in [-0.2, 0) is 14.3 Å². The smallest absolute Gasteiger partial charge is 0.408 e. The first-order valence-corrected chi connectivity index (χ1v) is 16.0. The average molecular weight is 572 g/mol. The fourth-order valence-electron chi connectivity index (χ4n) is 5.59. The largest absolute Gasteiger partial charge is 0.444 e. The van der Waals surface area contributed by atoms with Gasteiger partial charge in [-0.3, -0.25) is 9.59 Å². The zero-order valence-electron chi connectivity index (χ0n) is 27.1. The zero-order valence-corrected chi connectivity index (χ0v) is 27.1. The van der Waals surface area contributed by atoms with Crippen molar-refractivity contribution in [3.8, 4) is 0 Å². The van der Waals surface area contributed by atoms with Crippen molar-refractivity contribution in [3.05, 3.63) is 34.9 Å². The normalized spacial score (nSPS) is 15.7. The van der Waals surface area contributed by atoms with Gasteiger partial charge in [-0.25, -0.2) is 4.79 Å². The Hall–Kier alpha value is -2.57. The highest BCUT2D eigenvalue weighted by Gasteiger charge is 2.38. The van der Waals surface area contributed by atoms with Crippen molar-refractivity contribution in [1.82, 2.24) is 15.5 Å². The molecule has 2 unspecified atom stereocenters. The van der Waals surface area contributed by atoms with Gasteiger partial charge in [-0.05, 0) is 70.9 Å². The maximum atomic E-state index is 14.4. The number of ether oxygens (including phenoxy) is 1. The molecule has 232 valence electrons. The molecule has 0 radical (unpaired) electrons. The first-order valence-electron chi connectivity index (χ1n) is 16.0. The van der Waals surface area contributed by atoms with Crippen molar-refractivity contribution in [2.45, 2.75) is 150 Å². The highest BCUT2D eigenvalue weighted by molar-refractivity contribution is 5.92. The van der Waals surface area contributed by atoms with Crippen LogP contribution in [0.15, 0.2) is 18.2 Å². The summed E-state index contributed by atoms with van der Waals surface area (Å²) in [5.41, 5.74) is 2.17. The minimum absolute atomic E-state index is 0.121. The van der Waals surface area contributed by atoms with Gasteiger partial charge in [0.05, 0.1) is 0 Å². The number of amides is 3. The number of carbonyl (C=O) groups is 3. The lowest BCUT2D eigenvalue weighted by atomic mass is 9.92. The Balaban J connectivity index is 2.48. The van der Waals surface area contributed by atoms with E-state index in [0.717, 1.165) is 61.6 Å². The summed E-state index contributed by atoms with van der Waals surface area (Å²) in [6.07, 6.45) is 11.1. The Morgan fingerprint density at radius 2 is 1.61 bits per heavy atom. The highest BCUT2D eigenvalue weighted by Crippen LogP contribution is 2.29. The van der Waals surface area contributed by atoms with E-state index in [2.05, 4.69) is 17.6 Å². The predicted molar refractivity (Wildman–Crippen MR) is 167 cm³/mol. The fourth-order valence-corrected chi connectivity index (χ4v) is 5.59.